The van der Waals surface area contributed by atoms with Gasteiger partial charge in [-0.1, -0.05) is 6.07 Å². The van der Waals surface area contributed by atoms with Gasteiger partial charge in [-0.2, -0.15) is 0 Å². The predicted molar refractivity (Wildman–Crippen MR) is 131 cm³/mol. The first-order valence-electron chi connectivity index (χ1n) is 11.7. The molecule has 0 N–H and O–H groups in total. The Morgan fingerprint density at radius 2 is 1.83 bits per heavy atom. The number of esters is 1. The van der Waals surface area contributed by atoms with Crippen molar-refractivity contribution in [3.8, 4) is 5.75 Å². The molecule has 0 saturated carbocycles. The van der Waals surface area contributed by atoms with E-state index in [1.165, 1.54) is 7.11 Å². The van der Waals surface area contributed by atoms with E-state index in [-0.39, 0.29) is 11.7 Å². The van der Waals surface area contributed by atoms with E-state index in [1.54, 1.807) is 68.7 Å². The summed E-state index contributed by atoms with van der Waals surface area (Å²) in [6, 6.07) is 6.18. The lowest BCUT2D eigenvalue weighted by Gasteiger charge is -2.33. The second-order valence-corrected chi connectivity index (χ2v) is 8.71. The molecule has 0 bridgehead atoms. The molecule has 1 fully saturated rings. The van der Waals surface area contributed by atoms with E-state index < -0.39 is 12.0 Å². The number of morpholine rings is 1. The third-order valence-electron chi connectivity index (χ3n) is 6.74. The van der Waals surface area contributed by atoms with E-state index in [0.717, 1.165) is 13.1 Å². The maximum Gasteiger partial charge on any atom is 0.354 e. The molecule has 0 radical (unpaired) electrons. The number of carbonyl (C=O) groups excluding carboxylic acids is 3. The minimum absolute atomic E-state index is 0.219. The molecular formula is C26H35N3O6. The molecule has 1 aromatic heterocycles. The molecule has 2 aromatic rings. The number of benzene rings is 1. The van der Waals surface area contributed by atoms with Crippen LogP contribution in [-0.4, -0.2) is 91.7 Å². The van der Waals surface area contributed by atoms with Crippen molar-refractivity contribution in [2.75, 3.05) is 53.6 Å². The van der Waals surface area contributed by atoms with Crippen molar-refractivity contribution >= 4 is 17.7 Å². The van der Waals surface area contributed by atoms with E-state index in [0.29, 0.717) is 60.1 Å². The van der Waals surface area contributed by atoms with Gasteiger partial charge in [0.1, 0.15) is 11.4 Å². The van der Waals surface area contributed by atoms with E-state index in [9.17, 15) is 14.4 Å². The summed E-state index contributed by atoms with van der Waals surface area (Å²) in [6.45, 7) is 9.13. The monoisotopic (exact) mass is 485 g/mol. The molecule has 9 nitrogen and oxygen atoms in total. The van der Waals surface area contributed by atoms with Crippen molar-refractivity contribution in [1.82, 2.24) is 14.4 Å². The minimum atomic E-state index is -0.750. The molecule has 1 saturated heterocycles. The van der Waals surface area contributed by atoms with Gasteiger partial charge in [0.25, 0.3) is 5.91 Å². The molecule has 1 aromatic carbocycles. The second-order valence-electron chi connectivity index (χ2n) is 8.71. The highest BCUT2D eigenvalue weighted by atomic mass is 16.5. The molecule has 1 aliphatic rings. The smallest absolute Gasteiger partial charge is 0.354 e. The summed E-state index contributed by atoms with van der Waals surface area (Å²) in [5, 5.41) is 0. The van der Waals surface area contributed by atoms with E-state index in [2.05, 4.69) is 4.90 Å². The highest BCUT2D eigenvalue weighted by molar-refractivity contribution is 6.07. The zero-order valence-corrected chi connectivity index (χ0v) is 21.4. The number of methoxy groups -OCH3 is 2. The number of hydrogen-bond acceptors (Lipinski definition) is 7. The molecule has 1 unspecified atom stereocenters. The van der Waals surface area contributed by atoms with Crippen molar-refractivity contribution in [2.45, 2.75) is 26.8 Å². The summed E-state index contributed by atoms with van der Waals surface area (Å²) in [5.74, 6) is -0.404. The van der Waals surface area contributed by atoms with Crippen LogP contribution in [0, 0.1) is 13.8 Å². The predicted octanol–water partition coefficient (Wildman–Crippen LogP) is 2.48. The lowest BCUT2D eigenvalue weighted by atomic mass is 9.99. The second kappa shape index (κ2) is 11.5. The average molecular weight is 486 g/mol. The van der Waals surface area contributed by atoms with Gasteiger partial charge < -0.3 is 23.7 Å². The quantitative estimate of drug-likeness (QED) is 0.398. The highest BCUT2D eigenvalue weighted by Crippen LogP contribution is 2.25. The van der Waals surface area contributed by atoms with Crippen molar-refractivity contribution in [3.05, 3.63) is 52.3 Å². The van der Waals surface area contributed by atoms with Crippen molar-refractivity contribution in [1.29, 1.82) is 0 Å². The molecule has 2 heterocycles. The van der Waals surface area contributed by atoms with Crippen LogP contribution in [0.4, 0.5) is 0 Å². The molecule has 0 spiro atoms. The van der Waals surface area contributed by atoms with Crippen LogP contribution in [0.3, 0.4) is 0 Å². The molecule has 35 heavy (non-hydrogen) atoms. The Hall–Kier alpha value is -3.17. The third-order valence-corrected chi connectivity index (χ3v) is 6.74. The van der Waals surface area contributed by atoms with Crippen LogP contribution in [0.5, 0.6) is 5.75 Å². The topological polar surface area (TPSA) is 90.3 Å². The molecule has 1 atom stereocenters. The first kappa shape index (κ1) is 26.4. The number of nitrogens with zero attached hydrogens (tertiary/aromatic N) is 3. The molecule has 3 rings (SSSR count). The van der Waals surface area contributed by atoms with Gasteiger partial charge in [0, 0.05) is 50.0 Å². The summed E-state index contributed by atoms with van der Waals surface area (Å²) in [4.78, 5) is 43.6. The Balaban J connectivity index is 1.95. The largest absolute Gasteiger partial charge is 0.497 e. The zero-order chi connectivity index (χ0) is 25.7. The Morgan fingerprint density at radius 3 is 2.46 bits per heavy atom. The number of hydrogen-bond donors (Lipinski definition) is 0. The third kappa shape index (κ3) is 5.57. The van der Waals surface area contributed by atoms with Crippen LogP contribution in [0.2, 0.25) is 0 Å². The van der Waals surface area contributed by atoms with Crippen LogP contribution in [0.25, 0.3) is 0 Å². The number of carbonyl (C=O) groups is 3. The molecule has 190 valence electrons. The summed E-state index contributed by atoms with van der Waals surface area (Å²) in [5.41, 5.74) is 2.43. The lowest BCUT2D eigenvalue weighted by molar-refractivity contribution is 0.0297. The van der Waals surface area contributed by atoms with E-state index in [1.807, 2.05) is 0 Å². The lowest BCUT2D eigenvalue weighted by Crippen LogP contribution is -2.48. The van der Waals surface area contributed by atoms with Crippen LogP contribution in [-0.2, 0) is 16.5 Å². The van der Waals surface area contributed by atoms with Crippen molar-refractivity contribution in [2.24, 2.45) is 7.05 Å². The van der Waals surface area contributed by atoms with E-state index in [4.69, 9.17) is 14.2 Å². The zero-order valence-electron chi connectivity index (χ0n) is 21.4. The van der Waals surface area contributed by atoms with Gasteiger partial charge in [0.15, 0.2) is 5.78 Å². The van der Waals surface area contributed by atoms with Crippen LogP contribution < -0.4 is 4.74 Å². The van der Waals surface area contributed by atoms with Gasteiger partial charge in [-0.05, 0) is 44.5 Å². The fourth-order valence-electron chi connectivity index (χ4n) is 4.54. The first-order chi connectivity index (χ1) is 16.7. The first-order valence-corrected chi connectivity index (χ1v) is 11.7. The van der Waals surface area contributed by atoms with Crippen LogP contribution in [0.15, 0.2) is 24.3 Å². The van der Waals surface area contributed by atoms with Crippen LogP contribution >= 0.6 is 0 Å². The number of aromatic nitrogens is 1. The summed E-state index contributed by atoms with van der Waals surface area (Å²) < 4.78 is 17.3. The molecule has 0 aliphatic carbocycles. The van der Waals surface area contributed by atoms with Crippen LogP contribution in [0.1, 0.15) is 49.4 Å². The summed E-state index contributed by atoms with van der Waals surface area (Å²) >= 11 is 0. The standard InChI is InChI=1S/C26H35N3O6/c1-17-22(18(2)27(4)23(17)26(32)34-6)24(30)19(3)29(11-10-28-12-14-35-15-13-28)25(31)20-8-7-9-21(16-20)33-5/h7-9,16,19H,10-15H2,1-6H3. The molecule has 9 heteroatoms. The van der Waals surface area contributed by atoms with Crippen molar-refractivity contribution in [3.63, 3.8) is 0 Å². The minimum Gasteiger partial charge on any atom is -0.497 e. The van der Waals surface area contributed by atoms with Gasteiger partial charge in [-0.3, -0.25) is 14.5 Å². The Morgan fingerprint density at radius 1 is 1.14 bits per heavy atom. The number of ketones is 1. The molecule has 1 aliphatic heterocycles. The van der Waals surface area contributed by atoms with Gasteiger partial charge in [-0.25, -0.2) is 4.79 Å². The Kier molecular flexibility index (Phi) is 8.69. The number of Topliss-reactive ketones (excluding diaryl/α,β-unsaturated/α-hetero) is 1. The highest BCUT2D eigenvalue weighted by Gasteiger charge is 2.33. The average Bonchev–Trinajstić information content (AvgIpc) is 3.11. The van der Waals surface area contributed by atoms with Gasteiger partial charge in [0.2, 0.25) is 0 Å². The summed E-state index contributed by atoms with van der Waals surface area (Å²) in [6.07, 6.45) is 0. The van der Waals surface area contributed by atoms with Gasteiger partial charge in [0.05, 0.1) is 33.5 Å². The van der Waals surface area contributed by atoms with Gasteiger partial charge in [-0.15, -0.1) is 0 Å². The summed E-state index contributed by atoms with van der Waals surface area (Å²) in [7, 11) is 4.59. The Bertz CT molecular complexity index is 1090. The van der Waals surface area contributed by atoms with E-state index >= 15 is 0 Å². The molecular weight excluding hydrogens is 450 g/mol. The number of rotatable bonds is 9. The van der Waals surface area contributed by atoms with Crippen molar-refractivity contribution < 1.29 is 28.6 Å². The number of ether oxygens (including phenoxy) is 3. The Labute approximate surface area is 206 Å². The maximum atomic E-state index is 13.8. The SMILES string of the molecule is COC(=O)c1c(C)c(C(=O)C(C)N(CCN2CCOCC2)C(=O)c2cccc(OC)c2)c(C)n1C. The maximum absolute atomic E-state index is 13.8. The normalized spacial score (nSPS) is 14.9. The van der Waals surface area contributed by atoms with Gasteiger partial charge >= 0.3 is 5.97 Å². The number of amides is 1. The fraction of sp³-hybridized carbons (Fsp3) is 0.500. The fourth-order valence-corrected chi connectivity index (χ4v) is 4.54. The molecule has 1 amide bonds.